The van der Waals surface area contributed by atoms with Crippen molar-refractivity contribution in [2.75, 3.05) is 25.0 Å². The third kappa shape index (κ3) is 4.59. The van der Waals surface area contributed by atoms with E-state index >= 15 is 0 Å². The van der Waals surface area contributed by atoms with Crippen LogP contribution in [0.15, 0.2) is 34.7 Å². The minimum absolute atomic E-state index is 0.0654. The fourth-order valence-corrected chi connectivity index (χ4v) is 3.31. The van der Waals surface area contributed by atoms with Gasteiger partial charge in [0, 0.05) is 30.3 Å². The Morgan fingerprint density at radius 1 is 1.21 bits per heavy atom. The molecule has 1 fully saturated rings. The van der Waals surface area contributed by atoms with Crippen LogP contribution in [0.4, 0.5) is 5.88 Å². The summed E-state index contributed by atoms with van der Waals surface area (Å²) < 4.78 is 5.48. The summed E-state index contributed by atoms with van der Waals surface area (Å²) in [6, 6.07) is 11.3. The molecule has 0 aliphatic carbocycles. The first-order valence-corrected chi connectivity index (χ1v) is 9.36. The fourth-order valence-electron chi connectivity index (χ4n) is 3.31. The molecule has 0 unspecified atom stereocenters. The number of likely N-dealkylation sites (tertiary alicyclic amines) is 1. The molecule has 2 heterocycles. The van der Waals surface area contributed by atoms with Crippen molar-refractivity contribution < 1.29 is 14.0 Å². The summed E-state index contributed by atoms with van der Waals surface area (Å²) in [5, 5.41) is 15.0. The molecule has 146 valence electrons. The van der Waals surface area contributed by atoms with Crippen LogP contribution in [-0.4, -0.2) is 42.4 Å². The first kappa shape index (κ1) is 19.6. The van der Waals surface area contributed by atoms with Crippen molar-refractivity contribution in [1.29, 1.82) is 5.26 Å². The number of amides is 2. The van der Waals surface area contributed by atoms with Crippen LogP contribution in [-0.2, 0) is 4.79 Å². The third-order valence-corrected chi connectivity index (χ3v) is 5.08. The number of hydrogen-bond acceptors (Lipinski definition) is 5. The van der Waals surface area contributed by atoms with Gasteiger partial charge in [0.05, 0.1) is 6.54 Å². The lowest BCUT2D eigenvalue weighted by Gasteiger charge is -2.31. The second kappa shape index (κ2) is 8.72. The minimum Gasteiger partial charge on any atom is -0.444 e. The molecule has 2 N–H and O–H groups in total. The van der Waals surface area contributed by atoms with Crippen LogP contribution < -0.4 is 10.6 Å². The predicted molar refractivity (Wildman–Crippen MR) is 105 cm³/mol. The number of benzene rings is 1. The minimum atomic E-state index is -0.211. The molecule has 0 atom stereocenters. The molecule has 1 aromatic carbocycles. The Labute approximate surface area is 164 Å². The summed E-state index contributed by atoms with van der Waals surface area (Å²) in [7, 11) is 0. The predicted octanol–water partition coefficient (Wildman–Crippen LogP) is 2.60. The van der Waals surface area contributed by atoms with Crippen LogP contribution in [0.2, 0.25) is 0 Å². The van der Waals surface area contributed by atoms with Gasteiger partial charge >= 0.3 is 0 Å². The number of piperidine rings is 1. The summed E-state index contributed by atoms with van der Waals surface area (Å²) >= 11 is 0. The van der Waals surface area contributed by atoms with E-state index in [2.05, 4.69) is 16.7 Å². The number of nitriles is 1. The van der Waals surface area contributed by atoms with Crippen LogP contribution in [0.3, 0.4) is 0 Å². The molecule has 3 rings (SSSR count). The molecule has 0 radical (unpaired) electrons. The molecular weight excluding hydrogens is 356 g/mol. The van der Waals surface area contributed by atoms with Gasteiger partial charge in [-0.3, -0.25) is 19.8 Å². The Bertz CT molecular complexity index is 890. The van der Waals surface area contributed by atoms with E-state index < -0.39 is 0 Å². The van der Waals surface area contributed by atoms with Gasteiger partial charge in [0.15, 0.2) is 0 Å². The summed E-state index contributed by atoms with van der Waals surface area (Å²) in [5.41, 5.74) is 1.77. The van der Waals surface area contributed by atoms with Crippen molar-refractivity contribution in [1.82, 2.24) is 10.2 Å². The Morgan fingerprint density at radius 3 is 2.54 bits per heavy atom. The molecule has 1 saturated heterocycles. The lowest BCUT2D eigenvalue weighted by molar-refractivity contribution is -0.117. The molecule has 1 aromatic heterocycles. The number of nitrogens with zero attached hydrogens (tertiary/aromatic N) is 2. The van der Waals surface area contributed by atoms with E-state index in [-0.39, 0.29) is 30.3 Å². The number of anilines is 1. The third-order valence-electron chi connectivity index (χ3n) is 5.08. The van der Waals surface area contributed by atoms with Gasteiger partial charge in [-0.1, -0.05) is 18.2 Å². The van der Waals surface area contributed by atoms with E-state index in [4.69, 9.17) is 4.42 Å². The molecule has 2 amide bonds. The zero-order chi connectivity index (χ0) is 20.1. The summed E-state index contributed by atoms with van der Waals surface area (Å²) in [5.74, 6) is 0.565. The van der Waals surface area contributed by atoms with Gasteiger partial charge in [-0.25, -0.2) is 0 Å². The van der Waals surface area contributed by atoms with Gasteiger partial charge in [-0.2, -0.15) is 5.26 Å². The van der Waals surface area contributed by atoms with Crippen molar-refractivity contribution in [2.24, 2.45) is 0 Å². The van der Waals surface area contributed by atoms with E-state index in [0.717, 1.165) is 18.4 Å². The first-order valence-electron chi connectivity index (χ1n) is 9.36. The van der Waals surface area contributed by atoms with E-state index in [1.807, 2.05) is 23.1 Å². The van der Waals surface area contributed by atoms with Crippen LogP contribution in [0.25, 0.3) is 0 Å². The standard InChI is InChI=1S/C21H24N4O3/c1-14-15(2)28-21(18(14)12-22)24-19(26)13-25-10-8-17(9-11-25)23-20(27)16-6-4-3-5-7-16/h3-7,17H,8-11,13H2,1-2H3,(H,23,27)(H,24,26). The van der Waals surface area contributed by atoms with Crippen molar-refractivity contribution in [2.45, 2.75) is 32.7 Å². The monoisotopic (exact) mass is 380 g/mol. The fraction of sp³-hybridized carbons (Fsp3) is 0.381. The SMILES string of the molecule is Cc1oc(NC(=O)CN2CCC(NC(=O)c3ccccc3)CC2)c(C#N)c1C. The highest BCUT2D eigenvalue weighted by atomic mass is 16.4. The first-order chi connectivity index (χ1) is 13.5. The number of carbonyl (C=O) groups is 2. The zero-order valence-corrected chi connectivity index (χ0v) is 16.1. The molecular formula is C21H24N4O3. The molecule has 0 spiro atoms. The van der Waals surface area contributed by atoms with Gasteiger partial charge in [-0.15, -0.1) is 0 Å². The second-order valence-corrected chi connectivity index (χ2v) is 7.04. The molecule has 0 saturated carbocycles. The maximum Gasteiger partial charge on any atom is 0.251 e. The summed E-state index contributed by atoms with van der Waals surface area (Å²) in [4.78, 5) is 26.6. The highest BCUT2D eigenvalue weighted by Crippen LogP contribution is 2.25. The largest absolute Gasteiger partial charge is 0.444 e. The van der Waals surface area contributed by atoms with E-state index in [1.165, 1.54) is 0 Å². The molecule has 1 aliphatic heterocycles. The van der Waals surface area contributed by atoms with Gasteiger partial charge in [-0.05, 0) is 38.8 Å². The molecule has 28 heavy (non-hydrogen) atoms. The summed E-state index contributed by atoms with van der Waals surface area (Å²) in [6.45, 7) is 5.22. The Kier molecular flexibility index (Phi) is 6.12. The van der Waals surface area contributed by atoms with Gasteiger partial charge in [0.25, 0.3) is 5.91 Å². The number of hydrogen-bond donors (Lipinski definition) is 2. The highest BCUT2D eigenvalue weighted by Gasteiger charge is 2.23. The number of carbonyl (C=O) groups excluding carboxylic acids is 2. The average molecular weight is 380 g/mol. The zero-order valence-electron chi connectivity index (χ0n) is 16.1. The second-order valence-electron chi connectivity index (χ2n) is 7.04. The van der Waals surface area contributed by atoms with E-state index in [9.17, 15) is 14.9 Å². The maximum atomic E-state index is 12.3. The van der Waals surface area contributed by atoms with Crippen molar-refractivity contribution in [3.8, 4) is 6.07 Å². The molecule has 2 aromatic rings. The number of aryl methyl sites for hydroxylation is 1. The van der Waals surface area contributed by atoms with Crippen molar-refractivity contribution >= 4 is 17.7 Å². The van der Waals surface area contributed by atoms with Crippen LogP contribution in [0.1, 0.15) is 40.1 Å². The Balaban J connectivity index is 1.47. The number of nitrogens with one attached hydrogen (secondary N) is 2. The van der Waals surface area contributed by atoms with Crippen LogP contribution in [0.5, 0.6) is 0 Å². The lowest BCUT2D eigenvalue weighted by atomic mass is 10.0. The topological polar surface area (TPSA) is 98.4 Å². The van der Waals surface area contributed by atoms with Gasteiger partial charge in [0.1, 0.15) is 17.4 Å². The smallest absolute Gasteiger partial charge is 0.251 e. The number of furan rings is 1. The quantitative estimate of drug-likeness (QED) is 0.831. The van der Waals surface area contributed by atoms with Crippen LogP contribution >= 0.6 is 0 Å². The van der Waals surface area contributed by atoms with Gasteiger partial charge < -0.3 is 9.73 Å². The normalized spacial score (nSPS) is 15.0. The Morgan fingerprint density at radius 2 is 1.89 bits per heavy atom. The van der Waals surface area contributed by atoms with E-state index in [0.29, 0.717) is 30.0 Å². The van der Waals surface area contributed by atoms with Crippen molar-refractivity contribution in [3.05, 3.63) is 52.8 Å². The molecule has 0 bridgehead atoms. The Hall–Kier alpha value is -3.11. The number of rotatable bonds is 5. The molecule has 7 heteroatoms. The molecule has 1 aliphatic rings. The molecule has 7 nitrogen and oxygen atoms in total. The van der Waals surface area contributed by atoms with Gasteiger partial charge in [0.2, 0.25) is 11.8 Å². The lowest BCUT2D eigenvalue weighted by Crippen LogP contribution is -2.46. The highest BCUT2D eigenvalue weighted by molar-refractivity contribution is 5.94. The van der Waals surface area contributed by atoms with Crippen LogP contribution in [0, 0.1) is 25.2 Å². The van der Waals surface area contributed by atoms with Crippen molar-refractivity contribution in [3.63, 3.8) is 0 Å². The summed E-state index contributed by atoms with van der Waals surface area (Å²) in [6.07, 6.45) is 1.57. The average Bonchev–Trinajstić information content (AvgIpc) is 2.96. The van der Waals surface area contributed by atoms with E-state index in [1.54, 1.807) is 26.0 Å². The maximum absolute atomic E-state index is 12.3.